The Bertz CT molecular complexity index is 2480. The van der Waals surface area contributed by atoms with Crippen molar-refractivity contribution < 1.29 is 48.8 Å². The number of hydrogen-bond acceptors (Lipinski definition) is 17. The van der Waals surface area contributed by atoms with Crippen LogP contribution in [0.25, 0.3) is 0 Å². The molecule has 5 aromatic rings. The molecule has 3 amide bonds. The Hall–Kier alpha value is -7.87. The molecule has 0 aliphatic heterocycles. The lowest BCUT2D eigenvalue weighted by molar-refractivity contribution is -0.143. The number of ether oxygens (including phenoxy) is 2. The van der Waals surface area contributed by atoms with Gasteiger partial charge in [-0.1, -0.05) is 30.3 Å². The van der Waals surface area contributed by atoms with Gasteiger partial charge in [-0.05, 0) is 107 Å². The molecule has 2 atom stereocenters. The molecule has 356 valence electrons. The van der Waals surface area contributed by atoms with E-state index in [9.17, 15) is 39.3 Å². The minimum atomic E-state index is -1.16. The van der Waals surface area contributed by atoms with Crippen molar-refractivity contribution in [3.8, 4) is 17.2 Å². The number of hydrogen-bond donors (Lipinski definition) is 9. The van der Waals surface area contributed by atoms with Crippen molar-refractivity contribution in [3.63, 3.8) is 0 Å². The van der Waals surface area contributed by atoms with Gasteiger partial charge in [0.1, 0.15) is 29.3 Å². The predicted molar refractivity (Wildman–Crippen MR) is 249 cm³/mol. The van der Waals surface area contributed by atoms with Crippen molar-refractivity contribution in [1.82, 2.24) is 35.9 Å². The van der Waals surface area contributed by atoms with Crippen molar-refractivity contribution in [3.05, 3.63) is 123 Å². The largest absolute Gasteiger partial charge is 0.508 e. The molecule has 5 rings (SSSR count). The second-order valence-electron chi connectivity index (χ2n) is 15.2. The Balaban J connectivity index is 0.000000304. The number of rotatable bonds is 20. The molecule has 20 nitrogen and oxygen atoms in total. The average molecular weight is 923 g/mol. The van der Waals surface area contributed by atoms with Crippen LogP contribution in [0.3, 0.4) is 0 Å². The molecule has 0 radical (unpaired) electrons. The van der Waals surface area contributed by atoms with Crippen LogP contribution >= 0.6 is 0 Å². The summed E-state index contributed by atoms with van der Waals surface area (Å²) in [5.41, 5.74) is 10.1. The first-order chi connectivity index (χ1) is 32.0. The third-order valence-corrected chi connectivity index (χ3v) is 10.1. The van der Waals surface area contributed by atoms with Crippen LogP contribution in [0.1, 0.15) is 77.8 Å². The fourth-order valence-corrected chi connectivity index (χ4v) is 6.75. The van der Waals surface area contributed by atoms with Crippen molar-refractivity contribution in [2.24, 2.45) is 5.73 Å². The molecule has 67 heavy (non-hydrogen) atoms. The SMILES string of the molecule is COC(=O)[C@H](CN)NC(=O)c1c(C)nc(NCCCc2cccc(O)c2)nc1C.COC(=O)[C@H](CNC(=O)c1cccc(O)c1)NC(=O)c1c(C)nc(NCCCc2cccc(O)c2)nc1C. The molecule has 0 saturated heterocycles. The number of aryl methyl sites for hydroxylation is 6. The standard InChI is InChI=1S/C27H31N5O6.C20H27N5O4/c1-16-23(17(2)31-27(30-16)28-12-6-8-18-7-4-10-20(33)13-18)25(36)32-22(26(37)38-3)15-29-24(35)19-9-5-11-21(34)14-19;1-12-17(18(27)25-16(11-21)19(28)29-3)13(2)24-20(23-12)22-9-5-7-14-6-4-8-15(26)10-14/h4-5,7,9-11,13-14,22,33-34H,6,8,12,15H2,1-3H3,(H,29,35)(H,32,36)(H,28,30,31);4,6,8,10,16,26H,5,7,9,11,21H2,1-3H3,(H,25,27)(H,22,23,24)/t22-;16-/m00/s1. The number of phenolic OH excluding ortho intramolecular Hbond substituents is 3. The van der Waals surface area contributed by atoms with Gasteiger partial charge >= 0.3 is 11.9 Å². The highest BCUT2D eigenvalue weighted by molar-refractivity contribution is 6.00. The monoisotopic (exact) mass is 922 g/mol. The summed E-state index contributed by atoms with van der Waals surface area (Å²) < 4.78 is 9.40. The molecule has 0 unspecified atom stereocenters. The van der Waals surface area contributed by atoms with Gasteiger partial charge in [0.2, 0.25) is 11.9 Å². The van der Waals surface area contributed by atoms with Crippen LogP contribution in [-0.4, -0.2) is 117 Å². The number of nitrogens with one attached hydrogen (secondary N) is 5. The lowest BCUT2D eigenvalue weighted by Gasteiger charge is -2.19. The summed E-state index contributed by atoms with van der Waals surface area (Å²) in [5.74, 6) is -1.73. The number of benzene rings is 3. The summed E-state index contributed by atoms with van der Waals surface area (Å²) in [6.07, 6.45) is 3.16. The summed E-state index contributed by atoms with van der Waals surface area (Å²) in [5, 5.41) is 42.6. The van der Waals surface area contributed by atoms with Crippen LogP contribution in [-0.2, 0) is 31.9 Å². The zero-order chi connectivity index (χ0) is 49.0. The van der Waals surface area contributed by atoms with Crippen LogP contribution < -0.4 is 32.3 Å². The Labute approximate surface area is 388 Å². The molecule has 0 bridgehead atoms. The van der Waals surface area contributed by atoms with Crippen molar-refractivity contribution in [2.75, 3.05) is 51.0 Å². The fourth-order valence-electron chi connectivity index (χ4n) is 6.75. The van der Waals surface area contributed by atoms with Crippen molar-refractivity contribution >= 4 is 41.6 Å². The quantitative estimate of drug-likeness (QED) is 0.0399. The highest BCUT2D eigenvalue weighted by atomic mass is 16.5. The van der Waals surface area contributed by atoms with Gasteiger partial charge in [-0.15, -0.1) is 0 Å². The highest BCUT2D eigenvalue weighted by Gasteiger charge is 2.26. The second kappa shape index (κ2) is 25.6. The minimum Gasteiger partial charge on any atom is -0.508 e. The molecule has 2 heterocycles. The maximum Gasteiger partial charge on any atom is 0.330 e. The van der Waals surface area contributed by atoms with Gasteiger partial charge < -0.3 is 57.1 Å². The zero-order valence-electron chi connectivity index (χ0n) is 38.3. The van der Waals surface area contributed by atoms with E-state index in [1.807, 2.05) is 18.2 Å². The Kier molecular flexibility index (Phi) is 19.8. The smallest absolute Gasteiger partial charge is 0.330 e. The molecule has 0 saturated carbocycles. The lowest BCUT2D eigenvalue weighted by atomic mass is 10.1. The number of aromatic nitrogens is 4. The first-order valence-electron chi connectivity index (χ1n) is 21.3. The predicted octanol–water partition coefficient (Wildman–Crippen LogP) is 3.32. The van der Waals surface area contributed by atoms with Crippen LogP contribution in [0.5, 0.6) is 17.2 Å². The number of esters is 2. The fraction of sp³-hybridized carbons (Fsp3) is 0.340. The third-order valence-electron chi connectivity index (χ3n) is 10.1. The Morgan fingerprint density at radius 2 is 0.985 bits per heavy atom. The zero-order valence-corrected chi connectivity index (χ0v) is 38.3. The minimum absolute atomic E-state index is 0.0732. The summed E-state index contributed by atoms with van der Waals surface area (Å²) in [7, 11) is 2.41. The van der Waals surface area contributed by atoms with Gasteiger partial charge in [0.25, 0.3) is 17.7 Å². The van der Waals surface area contributed by atoms with Crippen LogP contribution in [0.4, 0.5) is 11.9 Å². The number of carbonyl (C=O) groups excluding carboxylic acids is 5. The number of phenols is 3. The Morgan fingerprint density at radius 1 is 0.582 bits per heavy atom. The molecular formula is C47H58N10O10. The van der Waals surface area contributed by atoms with Gasteiger partial charge in [-0.3, -0.25) is 14.4 Å². The summed E-state index contributed by atoms with van der Waals surface area (Å²) in [6, 6.07) is 17.9. The number of amides is 3. The maximum atomic E-state index is 13.0. The van der Waals surface area contributed by atoms with Crippen LogP contribution in [0.2, 0.25) is 0 Å². The van der Waals surface area contributed by atoms with E-state index in [1.165, 1.54) is 38.5 Å². The number of nitrogens with two attached hydrogens (primary N) is 1. The van der Waals surface area contributed by atoms with Gasteiger partial charge in [-0.2, -0.15) is 0 Å². The summed E-state index contributed by atoms with van der Waals surface area (Å²) >= 11 is 0. The molecule has 0 aliphatic carbocycles. The number of anilines is 2. The van der Waals surface area contributed by atoms with Gasteiger partial charge in [0, 0.05) is 31.7 Å². The van der Waals surface area contributed by atoms with Gasteiger partial charge in [0.15, 0.2) is 0 Å². The summed E-state index contributed by atoms with van der Waals surface area (Å²) in [4.78, 5) is 79.3. The normalized spacial score (nSPS) is 11.4. The van der Waals surface area contributed by atoms with Gasteiger partial charge in [0.05, 0.1) is 48.1 Å². The highest BCUT2D eigenvalue weighted by Crippen LogP contribution is 2.17. The van der Waals surface area contributed by atoms with E-state index in [0.29, 0.717) is 53.3 Å². The molecular weight excluding hydrogens is 865 g/mol. The van der Waals surface area contributed by atoms with E-state index < -0.39 is 41.7 Å². The number of nitrogens with zero attached hydrogens (tertiary/aromatic N) is 4. The second-order valence-corrected chi connectivity index (χ2v) is 15.2. The topological polar surface area (TPSA) is 302 Å². The van der Waals surface area contributed by atoms with E-state index in [-0.39, 0.29) is 41.5 Å². The number of methoxy groups -OCH3 is 2. The van der Waals surface area contributed by atoms with Crippen LogP contribution in [0.15, 0.2) is 72.8 Å². The van der Waals surface area contributed by atoms with E-state index in [0.717, 1.165) is 36.8 Å². The molecule has 10 N–H and O–H groups in total. The first kappa shape index (κ1) is 51.8. The molecule has 20 heteroatoms. The van der Waals surface area contributed by atoms with E-state index in [2.05, 4.69) is 51.3 Å². The van der Waals surface area contributed by atoms with E-state index >= 15 is 0 Å². The molecule has 3 aromatic carbocycles. The van der Waals surface area contributed by atoms with E-state index in [4.69, 9.17) is 10.5 Å². The number of aromatic hydroxyl groups is 3. The Morgan fingerprint density at radius 3 is 1.39 bits per heavy atom. The van der Waals surface area contributed by atoms with Crippen molar-refractivity contribution in [2.45, 2.75) is 65.5 Å². The molecule has 2 aromatic heterocycles. The first-order valence-corrected chi connectivity index (χ1v) is 21.3. The van der Waals surface area contributed by atoms with Gasteiger partial charge in [-0.25, -0.2) is 29.5 Å². The van der Waals surface area contributed by atoms with Crippen LogP contribution in [0, 0.1) is 27.7 Å². The third kappa shape index (κ3) is 16.0. The molecule has 0 spiro atoms. The summed E-state index contributed by atoms with van der Waals surface area (Å²) in [6.45, 7) is 7.66. The van der Waals surface area contributed by atoms with Crippen molar-refractivity contribution in [1.29, 1.82) is 0 Å². The van der Waals surface area contributed by atoms with E-state index in [1.54, 1.807) is 58.0 Å². The lowest BCUT2D eigenvalue weighted by Crippen LogP contribution is -2.49. The number of carbonyl (C=O) groups is 5. The average Bonchev–Trinajstić information content (AvgIpc) is 3.29. The maximum absolute atomic E-state index is 13.0. The molecule has 0 fully saturated rings. The molecule has 0 aliphatic rings.